The molecule has 3 heterocycles. The third-order valence-corrected chi connectivity index (χ3v) is 6.43. The van der Waals surface area contributed by atoms with Crippen molar-refractivity contribution in [2.24, 2.45) is 0 Å². The van der Waals surface area contributed by atoms with Crippen LogP contribution in [0.15, 0.2) is 53.3 Å². The number of hydrogen-bond donors (Lipinski definition) is 2. The Morgan fingerprint density at radius 1 is 1.15 bits per heavy atom. The molecule has 2 aliphatic heterocycles. The number of rotatable bonds is 6. The number of aliphatic hydroxyl groups is 1. The zero-order chi connectivity index (χ0) is 22.1. The lowest BCUT2D eigenvalue weighted by atomic mass is 10.0. The average Bonchev–Trinajstić information content (AvgIpc) is 3.15. The normalized spacial score (nSPS) is 22.1. The number of fused-ring (bicyclic) bond motifs is 2. The first kappa shape index (κ1) is 23.6. The van der Waals surface area contributed by atoms with Gasteiger partial charge in [0, 0.05) is 32.3 Å². The van der Waals surface area contributed by atoms with Crippen molar-refractivity contribution in [2.75, 3.05) is 32.8 Å². The SMILES string of the molecule is CCOC1(C(O)CN2CCC(n3c(=O)[nH]c4ccccc43)CC2)COc2ccccc2O1.Cl. The third kappa shape index (κ3) is 4.48. The van der Waals surface area contributed by atoms with Crippen molar-refractivity contribution in [3.8, 4) is 11.5 Å². The van der Waals surface area contributed by atoms with Gasteiger partial charge in [0.25, 0.3) is 5.79 Å². The number of hydrogen-bond acceptors (Lipinski definition) is 6. The summed E-state index contributed by atoms with van der Waals surface area (Å²) in [6.07, 6.45) is 0.773. The van der Waals surface area contributed by atoms with Gasteiger partial charge in [-0.15, -0.1) is 12.4 Å². The molecule has 0 aliphatic carbocycles. The summed E-state index contributed by atoms with van der Waals surface area (Å²) in [6.45, 7) is 4.35. The van der Waals surface area contributed by atoms with Crippen LogP contribution in [-0.2, 0) is 4.74 Å². The maximum atomic E-state index is 12.5. The number of likely N-dealkylation sites (tertiary alicyclic amines) is 1. The smallest absolute Gasteiger partial charge is 0.326 e. The lowest BCUT2D eigenvalue weighted by molar-refractivity contribution is -0.262. The molecule has 5 rings (SSSR count). The van der Waals surface area contributed by atoms with Crippen molar-refractivity contribution in [3.63, 3.8) is 0 Å². The number of nitrogens with one attached hydrogen (secondary N) is 1. The monoisotopic (exact) mass is 475 g/mol. The van der Waals surface area contributed by atoms with Gasteiger partial charge in [-0.2, -0.15) is 0 Å². The zero-order valence-corrected chi connectivity index (χ0v) is 19.4. The molecule has 0 radical (unpaired) electrons. The summed E-state index contributed by atoms with van der Waals surface area (Å²) in [4.78, 5) is 17.7. The predicted octanol–water partition coefficient (Wildman–Crippen LogP) is 2.95. The Balaban J connectivity index is 0.00000259. The molecule has 2 unspecified atom stereocenters. The largest absolute Gasteiger partial charge is 0.483 e. The molecule has 2 aliphatic rings. The summed E-state index contributed by atoms with van der Waals surface area (Å²) in [5, 5.41) is 11.1. The number of benzene rings is 2. The van der Waals surface area contributed by atoms with Crippen LogP contribution in [0.5, 0.6) is 11.5 Å². The number of para-hydroxylation sites is 4. The Morgan fingerprint density at radius 3 is 2.61 bits per heavy atom. The van der Waals surface area contributed by atoms with Crippen LogP contribution in [0, 0.1) is 0 Å². The summed E-state index contributed by atoms with van der Waals surface area (Å²) in [5.41, 5.74) is 1.74. The molecule has 2 N–H and O–H groups in total. The van der Waals surface area contributed by atoms with Gasteiger partial charge in [-0.25, -0.2) is 4.79 Å². The summed E-state index contributed by atoms with van der Waals surface area (Å²) < 4.78 is 19.8. The van der Waals surface area contributed by atoms with Gasteiger partial charge in [0.15, 0.2) is 18.1 Å². The molecule has 2 atom stereocenters. The lowest BCUT2D eigenvalue weighted by Crippen LogP contribution is -2.60. The second-order valence-corrected chi connectivity index (χ2v) is 8.45. The van der Waals surface area contributed by atoms with Crippen molar-refractivity contribution >= 4 is 23.4 Å². The van der Waals surface area contributed by atoms with Crippen LogP contribution < -0.4 is 15.2 Å². The molecule has 1 saturated heterocycles. The van der Waals surface area contributed by atoms with E-state index >= 15 is 0 Å². The van der Waals surface area contributed by atoms with Crippen LogP contribution in [0.2, 0.25) is 0 Å². The fourth-order valence-electron chi connectivity index (χ4n) is 4.80. The first-order valence-corrected chi connectivity index (χ1v) is 11.2. The van der Waals surface area contributed by atoms with Crippen LogP contribution >= 0.6 is 12.4 Å². The molecular weight excluding hydrogens is 446 g/mol. The number of aliphatic hydroxyl groups excluding tert-OH is 1. The van der Waals surface area contributed by atoms with Gasteiger partial charge in [0.1, 0.15) is 6.10 Å². The van der Waals surface area contributed by atoms with Gasteiger partial charge < -0.3 is 29.2 Å². The summed E-state index contributed by atoms with van der Waals surface area (Å²) in [7, 11) is 0. The van der Waals surface area contributed by atoms with Crippen molar-refractivity contribution in [3.05, 3.63) is 59.0 Å². The van der Waals surface area contributed by atoms with Gasteiger partial charge in [0.05, 0.1) is 11.0 Å². The topological polar surface area (TPSA) is 89.0 Å². The van der Waals surface area contributed by atoms with E-state index in [1.54, 1.807) is 0 Å². The van der Waals surface area contributed by atoms with Crippen LogP contribution in [0.1, 0.15) is 25.8 Å². The molecule has 9 heteroatoms. The van der Waals surface area contributed by atoms with E-state index in [2.05, 4.69) is 9.88 Å². The highest BCUT2D eigenvalue weighted by molar-refractivity contribution is 5.85. The zero-order valence-electron chi connectivity index (χ0n) is 18.6. The van der Waals surface area contributed by atoms with E-state index in [1.165, 1.54) is 0 Å². The summed E-state index contributed by atoms with van der Waals surface area (Å²) >= 11 is 0. The van der Waals surface area contributed by atoms with E-state index in [0.717, 1.165) is 37.0 Å². The van der Waals surface area contributed by atoms with Gasteiger partial charge in [-0.1, -0.05) is 24.3 Å². The second-order valence-electron chi connectivity index (χ2n) is 8.45. The minimum Gasteiger partial charge on any atom is -0.483 e. The molecule has 178 valence electrons. The van der Waals surface area contributed by atoms with Crippen molar-refractivity contribution in [2.45, 2.75) is 37.7 Å². The van der Waals surface area contributed by atoms with Crippen molar-refractivity contribution < 1.29 is 19.3 Å². The number of imidazole rings is 1. The fraction of sp³-hybridized carbons (Fsp3) is 0.458. The van der Waals surface area contributed by atoms with E-state index in [1.807, 2.05) is 60.0 Å². The van der Waals surface area contributed by atoms with E-state index in [4.69, 9.17) is 14.2 Å². The van der Waals surface area contributed by atoms with Gasteiger partial charge >= 0.3 is 5.69 Å². The third-order valence-electron chi connectivity index (χ3n) is 6.43. The number of piperidine rings is 1. The Hall–Kier alpha value is -2.52. The fourth-order valence-corrected chi connectivity index (χ4v) is 4.80. The lowest BCUT2D eigenvalue weighted by Gasteiger charge is -2.42. The van der Waals surface area contributed by atoms with E-state index in [-0.39, 0.29) is 30.7 Å². The molecule has 3 aromatic rings. The highest BCUT2D eigenvalue weighted by Crippen LogP contribution is 2.37. The molecule has 0 saturated carbocycles. The number of H-pyrrole nitrogens is 1. The van der Waals surface area contributed by atoms with Gasteiger partial charge in [-0.3, -0.25) is 4.57 Å². The van der Waals surface area contributed by atoms with Crippen molar-refractivity contribution in [1.82, 2.24) is 14.5 Å². The Labute approximate surface area is 198 Å². The molecule has 0 spiro atoms. The van der Waals surface area contributed by atoms with E-state index < -0.39 is 11.9 Å². The van der Waals surface area contributed by atoms with Crippen LogP contribution in [-0.4, -0.2) is 64.3 Å². The number of nitrogens with zero attached hydrogens (tertiary/aromatic N) is 2. The second kappa shape index (κ2) is 9.77. The molecule has 8 nitrogen and oxygen atoms in total. The summed E-state index contributed by atoms with van der Waals surface area (Å²) in [5.74, 6) is -0.0167. The number of halogens is 1. The number of aromatic amines is 1. The van der Waals surface area contributed by atoms with Crippen LogP contribution in [0.25, 0.3) is 11.0 Å². The molecule has 33 heavy (non-hydrogen) atoms. The molecule has 0 amide bonds. The minimum atomic E-state index is -1.24. The van der Waals surface area contributed by atoms with E-state index in [0.29, 0.717) is 24.7 Å². The Bertz CT molecular complexity index is 1140. The molecular formula is C24H30ClN3O5. The molecule has 2 aromatic carbocycles. The number of ether oxygens (including phenoxy) is 3. The predicted molar refractivity (Wildman–Crippen MR) is 127 cm³/mol. The summed E-state index contributed by atoms with van der Waals surface area (Å²) in [6, 6.07) is 15.3. The number of aromatic nitrogens is 2. The first-order valence-electron chi connectivity index (χ1n) is 11.2. The van der Waals surface area contributed by atoms with Crippen LogP contribution in [0.4, 0.5) is 0 Å². The van der Waals surface area contributed by atoms with Gasteiger partial charge in [0.2, 0.25) is 0 Å². The molecule has 1 aromatic heterocycles. The number of β-amino-alcohol motifs (C(OH)–C–C–N with tert-alkyl or cyclic N) is 1. The maximum absolute atomic E-state index is 12.5. The standard InChI is InChI=1S/C24H29N3O5.ClH/c1-2-31-24(16-30-20-9-5-6-10-21(20)32-24)22(28)15-26-13-11-17(12-14-26)27-19-8-4-3-7-18(19)25-23(27)29;/h3-10,17,22,28H,2,11-16H2,1H3,(H,25,29);1H. The average molecular weight is 476 g/mol. The Kier molecular flexibility index (Phi) is 6.99. The molecule has 1 fully saturated rings. The van der Waals surface area contributed by atoms with Gasteiger partial charge in [-0.05, 0) is 44.0 Å². The highest BCUT2D eigenvalue weighted by atomic mass is 35.5. The highest BCUT2D eigenvalue weighted by Gasteiger charge is 2.46. The maximum Gasteiger partial charge on any atom is 0.326 e. The quantitative estimate of drug-likeness (QED) is 0.570. The first-order chi connectivity index (χ1) is 15.6. The minimum absolute atomic E-state index is 0. The van der Waals surface area contributed by atoms with Crippen molar-refractivity contribution in [1.29, 1.82) is 0 Å². The van der Waals surface area contributed by atoms with Crippen LogP contribution in [0.3, 0.4) is 0 Å². The molecule has 0 bridgehead atoms. The van der Waals surface area contributed by atoms with E-state index in [9.17, 15) is 9.90 Å². The Morgan fingerprint density at radius 2 is 1.85 bits per heavy atom.